The van der Waals surface area contributed by atoms with E-state index in [4.69, 9.17) is 18.9 Å². The molecule has 0 amide bonds. The summed E-state index contributed by atoms with van der Waals surface area (Å²) in [6.07, 6.45) is 9.16. The molecule has 7 heteroatoms. The van der Waals surface area contributed by atoms with E-state index >= 15 is 0 Å². The summed E-state index contributed by atoms with van der Waals surface area (Å²) in [6, 6.07) is 11.2. The van der Waals surface area contributed by atoms with Gasteiger partial charge in [0.25, 0.3) is 0 Å². The number of hydrogen-bond donors (Lipinski definition) is 0. The van der Waals surface area contributed by atoms with Crippen LogP contribution in [0.1, 0.15) is 75.6 Å². The predicted molar refractivity (Wildman–Crippen MR) is 138 cm³/mol. The zero-order chi connectivity index (χ0) is 23.9. The Morgan fingerprint density at radius 3 is 1.91 bits per heavy atom. The first-order valence-electron chi connectivity index (χ1n) is 12.1. The van der Waals surface area contributed by atoms with Gasteiger partial charge in [-0.2, -0.15) is 0 Å². The Morgan fingerprint density at radius 2 is 1.35 bits per heavy atom. The van der Waals surface area contributed by atoms with Gasteiger partial charge in [-0.3, -0.25) is 4.79 Å². The second-order valence-corrected chi connectivity index (χ2v) is 9.21. The topological polar surface area (TPSA) is 54.0 Å². The van der Waals surface area contributed by atoms with E-state index in [1.54, 1.807) is 26.4 Å². The molecule has 0 saturated heterocycles. The smallest absolute Gasteiger partial charge is 0.496 e. The van der Waals surface area contributed by atoms with Crippen molar-refractivity contribution in [3.05, 3.63) is 42.0 Å². The van der Waals surface area contributed by atoms with Gasteiger partial charge in [0, 0.05) is 11.4 Å². The van der Waals surface area contributed by atoms with E-state index in [1.165, 1.54) is 32.1 Å². The average molecular weight is 482 g/mol. The van der Waals surface area contributed by atoms with E-state index in [2.05, 4.69) is 13.8 Å². The van der Waals surface area contributed by atoms with Gasteiger partial charge >= 0.3 is 18.9 Å². The molecule has 0 aliphatic carbocycles. The summed E-state index contributed by atoms with van der Waals surface area (Å²) in [7, 11) is 3.01. The van der Waals surface area contributed by atoms with Crippen LogP contribution >= 0.6 is 8.58 Å². The molecule has 1 atom stereocenters. The fraction of sp³-hybridized carbons (Fsp3) is 0.519. The number of carbonyl (C=O) groups excluding carboxylic acids is 1. The first-order valence-corrected chi connectivity index (χ1v) is 13.1. The maximum atomic E-state index is 13.3. The third kappa shape index (κ3) is 9.91. The Labute approximate surface area is 219 Å². The van der Waals surface area contributed by atoms with Gasteiger partial charge in [-0.25, -0.2) is 0 Å². The van der Waals surface area contributed by atoms with E-state index < -0.39 is 0 Å². The quantitative estimate of drug-likeness (QED) is 0.196. The van der Waals surface area contributed by atoms with E-state index in [9.17, 15) is 4.79 Å². The standard InChI is InChI=1S/C27H39O5P.Li/c1-5-7-9-11-18-31-21-16-17-25(24(20-21)32-19-12-10-8-6-2)33-27(28)26-22(29-3)14-13-15-23(26)30-4;/h13-17,20,33H,5-12,18-19H2,1-4H3;/q;+1. The molecule has 0 heterocycles. The van der Waals surface area contributed by atoms with Gasteiger partial charge in [0.2, 0.25) is 0 Å². The molecule has 182 valence electrons. The van der Waals surface area contributed by atoms with Crippen molar-refractivity contribution in [1.82, 2.24) is 0 Å². The van der Waals surface area contributed by atoms with Crippen LogP contribution < -0.4 is 43.1 Å². The summed E-state index contributed by atoms with van der Waals surface area (Å²) in [4.78, 5) is 13.3. The molecule has 0 bridgehead atoms. The van der Waals surface area contributed by atoms with Gasteiger partial charge in [0.05, 0.1) is 27.4 Å². The molecule has 0 aliphatic heterocycles. The number of hydrogen-bond acceptors (Lipinski definition) is 5. The maximum absolute atomic E-state index is 13.3. The summed E-state index contributed by atoms with van der Waals surface area (Å²) < 4.78 is 22.9. The van der Waals surface area contributed by atoms with E-state index in [0.717, 1.165) is 36.1 Å². The molecular formula is C27H39LiO5P+. The fourth-order valence-electron chi connectivity index (χ4n) is 3.50. The monoisotopic (exact) mass is 481 g/mol. The predicted octanol–water partition coefficient (Wildman–Crippen LogP) is 3.77. The minimum absolute atomic E-state index is 0. The Bertz CT molecular complexity index is 837. The van der Waals surface area contributed by atoms with Crippen LogP contribution in [-0.2, 0) is 0 Å². The minimum Gasteiger partial charge on any atom is -0.496 e. The Hall–Kier alpha value is -1.66. The van der Waals surface area contributed by atoms with Crippen molar-refractivity contribution in [2.75, 3.05) is 27.4 Å². The minimum atomic E-state index is -0.115. The van der Waals surface area contributed by atoms with Crippen LogP contribution in [-0.4, -0.2) is 33.0 Å². The maximum Gasteiger partial charge on any atom is 1.00 e. The Morgan fingerprint density at radius 1 is 0.765 bits per heavy atom. The van der Waals surface area contributed by atoms with Crippen LogP contribution in [0.15, 0.2) is 36.4 Å². The number of benzene rings is 2. The van der Waals surface area contributed by atoms with Crippen molar-refractivity contribution in [2.45, 2.75) is 65.2 Å². The average Bonchev–Trinajstić information content (AvgIpc) is 2.84. The van der Waals surface area contributed by atoms with Gasteiger partial charge in [0.1, 0.15) is 28.6 Å². The van der Waals surface area contributed by atoms with Crippen molar-refractivity contribution >= 4 is 19.4 Å². The molecule has 0 aromatic heterocycles. The van der Waals surface area contributed by atoms with Gasteiger partial charge in [-0.05, 0) is 45.7 Å². The molecule has 0 fully saturated rings. The number of unbranched alkanes of at least 4 members (excludes halogenated alkanes) is 6. The molecule has 0 N–H and O–H groups in total. The Kier molecular flexibility index (Phi) is 15.8. The first kappa shape index (κ1) is 30.4. The summed E-state index contributed by atoms with van der Waals surface area (Å²) in [5.74, 6) is 2.53. The molecular weight excluding hydrogens is 442 g/mol. The van der Waals surface area contributed by atoms with Crippen molar-refractivity contribution in [3.8, 4) is 23.0 Å². The SMILES string of the molecule is CCCCCCOc1ccc(PC(=O)c2c(OC)cccc2OC)c(OCCCCCC)c1.[Li+]. The zero-order valence-corrected chi connectivity index (χ0v) is 22.6. The largest absolute Gasteiger partial charge is 1.00 e. The molecule has 0 radical (unpaired) electrons. The van der Waals surface area contributed by atoms with Gasteiger partial charge in [-0.1, -0.05) is 58.4 Å². The van der Waals surface area contributed by atoms with E-state index in [1.807, 2.05) is 24.3 Å². The second-order valence-electron chi connectivity index (χ2n) is 7.97. The molecule has 0 spiro atoms. The number of ether oxygens (including phenoxy) is 4. The Balaban J connectivity index is 0.00000578. The van der Waals surface area contributed by atoms with Crippen LogP contribution in [0, 0.1) is 0 Å². The van der Waals surface area contributed by atoms with Crippen LogP contribution in [0.3, 0.4) is 0 Å². The van der Waals surface area contributed by atoms with Crippen molar-refractivity contribution in [1.29, 1.82) is 0 Å². The number of methoxy groups -OCH3 is 2. The van der Waals surface area contributed by atoms with Crippen molar-refractivity contribution in [2.24, 2.45) is 0 Å². The molecule has 34 heavy (non-hydrogen) atoms. The van der Waals surface area contributed by atoms with Crippen LogP contribution in [0.2, 0.25) is 0 Å². The van der Waals surface area contributed by atoms with Gasteiger partial charge in [0.15, 0.2) is 5.52 Å². The third-order valence-corrected chi connectivity index (χ3v) is 6.54. The molecule has 5 nitrogen and oxygen atoms in total. The summed E-state index contributed by atoms with van der Waals surface area (Å²) >= 11 is 0. The molecule has 2 rings (SSSR count). The van der Waals surface area contributed by atoms with Crippen LogP contribution in [0.4, 0.5) is 0 Å². The summed E-state index contributed by atoms with van der Waals surface area (Å²) in [6.45, 7) is 5.71. The van der Waals surface area contributed by atoms with E-state index in [0.29, 0.717) is 30.3 Å². The third-order valence-electron chi connectivity index (χ3n) is 5.38. The van der Waals surface area contributed by atoms with Crippen molar-refractivity contribution < 1.29 is 42.6 Å². The van der Waals surface area contributed by atoms with Crippen LogP contribution in [0.25, 0.3) is 0 Å². The first-order chi connectivity index (χ1) is 16.1. The molecule has 2 aromatic rings. The zero-order valence-electron chi connectivity index (χ0n) is 21.6. The van der Waals surface area contributed by atoms with Gasteiger partial charge in [-0.15, -0.1) is 0 Å². The van der Waals surface area contributed by atoms with Crippen LogP contribution in [0.5, 0.6) is 23.0 Å². The molecule has 0 aliphatic rings. The van der Waals surface area contributed by atoms with E-state index in [-0.39, 0.29) is 33.0 Å². The molecule has 0 saturated carbocycles. The molecule has 2 aromatic carbocycles. The van der Waals surface area contributed by atoms with Gasteiger partial charge < -0.3 is 18.9 Å². The van der Waals surface area contributed by atoms with Crippen molar-refractivity contribution in [3.63, 3.8) is 0 Å². The molecule has 1 unspecified atom stereocenters. The number of carbonyl (C=O) groups is 1. The fourth-order valence-corrected chi connectivity index (χ4v) is 4.55. The summed E-state index contributed by atoms with van der Waals surface area (Å²) in [5.41, 5.74) is 0.416. The number of rotatable bonds is 17. The normalized spacial score (nSPS) is 10.7. The second kappa shape index (κ2) is 17.7. The summed E-state index contributed by atoms with van der Waals surface area (Å²) in [5, 5.41) is 0.863.